The Kier molecular flexibility index (Phi) is 3.20. The van der Waals surface area contributed by atoms with Gasteiger partial charge in [0.05, 0.1) is 0 Å². The van der Waals surface area contributed by atoms with Crippen molar-refractivity contribution >= 4 is 23.4 Å². The molecule has 2 rings (SSSR count). The molecule has 1 N–H and O–H groups in total. The van der Waals surface area contributed by atoms with Crippen LogP contribution in [0, 0.1) is 0 Å². The second-order valence-electron chi connectivity index (χ2n) is 3.12. The molecule has 2 aromatic rings. The standard InChI is InChI=1S/C11H7ClN2O3/c12-8-3-1-7(2-4-8)11(16)14-13-9-5-6-10(15)17-9/h1-6,15H. The van der Waals surface area contributed by atoms with Crippen LogP contribution in [0.2, 0.25) is 5.02 Å². The van der Waals surface area contributed by atoms with E-state index in [1.807, 2.05) is 0 Å². The molecule has 1 heterocycles. The molecule has 0 aliphatic carbocycles. The molecular formula is C11H7ClN2O3. The summed E-state index contributed by atoms with van der Waals surface area (Å²) in [5.74, 6) is -0.736. The van der Waals surface area contributed by atoms with Crippen LogP contribution in [-0.2, 0) is 0 Å². The lowest BCUT2D eigenvalue weighted by atomic mass is 10.2. The van der Waals surface area contributed by atoms with Gasteiger partial charge in [-0.15, -0.1) is 10.2 Å². The van der Waals surface area contributed by atoms with E-state index in [9.17, 15) is 4.79 Å². The van der Waals surface area contributed by atoms with Crippen LogP contribution < -0.4 is 0 Å². The van der Waals surface area contributed by atoms with Crippen molar-refractivity contribution in [3.05, 3.63) is 47.0 Å². The summed E-state index contributed by atoms with van der Waals surface area (Å²) in [6.45, 7) is 0. The number of carbonyl (C=O) groups is 1. The maximum absolute atomic E-state index is 11.5. The summed E-state index contributed by atoms with van der Waals surface area (Å²) < 4.78 is 4.71. The first kappa shape index (κ1) is 11.3. The van der Waals surface area contributed by atoms with Crippen LogP contribution in [0.15, 0.2) is 51.0 Å². The first-order valence-electron chi connectivity index (χ1n) is 4.65. The summed E-state index contributed by atoms with van der Waals surface area (Å²) in [4.78, 5) is 11.5. The summed E-state index contributed by atoms with van der Waals surface area (Å²) in [5.41, 5.74) is 0.369. The minimum Gasteiger partial charge on any atom is -0.481 e. The van der Waals surface area contributed by atoms with Gasteiger partial charge in [-0.3, -0.25) is 4.79 Å². The van der Waals surface area contributed by atoms with Crippen molar-refractivity contribution in [2.75, 3.05) is 0 Å². The monoisotopic (exact) mass is 250 g/mol. The fraction of sp³-hybridized carbons (Fsp3) is 0. The van der Waals surface area contributed by atoms with Gasteiger partial charge in [0.25, 0.3) is 11.9 Å². The number of hydrogen-bond acceptors (Lipinski definition) is 4. The fourth-order valence-corrected chi connectivity index (χ4v) is 1.24. The van der Waals surface area contributed by atoms with E-state index in [1.54, 1.807) is 24.3 Å². The zero-order chi connectivity index (χ0) is 12.3. The van der Waals surface area contributed by atoms with Crippen LogP contribution >= 0.6 is 11.6 Å². The molecule has 6 heteroatoms. The molecule has 0 radical (unpaired) electrons. The predicted molar refractivity (Wildman–Crippen MR) is 60.7 cm³/mol. The molecule has 0 atom stereocenters. The molecule has 0 saturated carbocycles. The van der Waals surface area contributed by atoms with E-state index >= 15 is 0 Å². The van der Waals surface area contributed by atoms with E-state index in [0.29, 0.717) is 10.6 Å². The van der Waals surface area contributed by atoms with E-state index in [0.717, 1.165) is 0 Å². The van der Waals surface area contributed by atoms with E-state index in [4.69, 9.17) is 21.1 Å². The number of aromatic hydroxyl groups is 1. The summed E-state index contributed by atoms with van der Waals surface area (Å²) in [6, 6.07) is 8.97. The van der Waals surface area contributed by atoms with Gasteiger partial charge in [0.2, 0.25) is 5.88 Å². The molecule has 0 aliphatic heterocycles. The Bertz CT molecular complexity index is 560. The van der Waals surface area contributed by atoms with Crippen LogP contribution in [-0.4, -0.2) is 11.0 Å². The summed E-state index contributed by atoms with van der Waals surface area (Å²) >= 11 is 5.68. The van der Waals surface area contributed by atoms with E-state index < -0.39 is 5.91 Å². The zero-order valence-corrected chi connectivity index (χ0v) is 9.26. The highest BCUT2D eigenvalue weighted by Crippen LogP contribution is 2.21. The Balaban J connectivity index is 2.11. The molecule has 5 nitrogen and oxygen atoms in total. The van der Waals surface area contributed by atoms with Gasteiger partial charge in [-0.05, 0) is 24.3 Å². The largest absolute Gasteiger partial charge is 0.481 e. The van der Waals surface area contributed by atoms with Crippen LogP contribution in [0.4, 0.5) is 5.88 Å². The molecule has 0 spiro atoms. The minimum absolute atomic E-state index is 0.0600. The van der Waals surface area contributed by atoms with Crippen molar-refractivity contribution < 1.29 is 14.3 Å². The normalized spacial score (nSPS) is 10.9. The van der Waals surface area contributed by atoms with Crippen molar-refractivity contribution in [2.24, 2.45) is 10.2 Å². The Morgan fingerprint density at radius 3 is 2.47 bits per heavy atom. The number of halogens is 1. The molecular weight excluding hydrogens is 244 g/mol. The Labute approximate surface area is 101 Å². The Morgan fingerprint density at radius 2 is 1.88 bits per heavy atom. The number of rotatable bonds is 2. The summed E-state index contributed by atoms with van der Waals surface area (Å²) in [6.07, 6.45) is 0. The molecule has 0 fully saturated rings. The number of benzene rings is 1. The zero-order valence-electron chi connectivity index (χ0n) is 8.50. The third-order valence-corrected chi connectivity index (χ3v) is 2.16. The van der Waals surface area contributed by atoms with Gasteiger partial charge in [0.15, 0.2) is 0 Å². The van der Waals surface area contributed by atoms with E-state index in [-0.39, 0.29) is 11.8 Å². The van der Waals surface area contributed by atoms with Gasteiger partial charge in [-0.2, -0.15) is 0 Å². The molecule has 0 unspecified atom stereocenters. The third-order valence-electron chi connectivity index (χ3n) is 1.91. The van der Waals surface area contributed by atoms with Crippen LogP contribution in [0.5, 0.6) is 5.95 Å². The maximum Gasteiger partial charge on any atom is 0.295 e. The molecule has 0 aliphatic rings. The van der Waals surface area contributed by atoms with Gasteiger partial charge in [0.1, 0.15) is 0 Å². The molecule has 1 aromatic heterocycles. The average Bonchev–Trinajstić information content (AvgIpc) is 2.73. The number of carbonyl (C=O) groups excluding carboxylic acids is 1. The molecule has 0 saturated heterocycles. The van der Waals surface area contributed by atoms with Gasteiger partial charge in [0, 0.05) is 22.7 Å². The van der Waals surface area contributed by atoms with Crippen molar-refractivity contribution in [3.8, 4) is 5.95 Å². The molecule has 1 aromatic carbocycles. The molecule has 86 valence electrons. The van der Waals surface area contributed by atoms with Gasteiger partial charge in [-0.1, -0.05) is 11.6 Å². The van der Waals surface area contributed by atoms with Gasteiger partial charge < -0.3 is 9.52 Å². The third kappa shape index (κ3) is 2.92. The topological polar surface area (TPSA) is 75.2 Å². The smallest absolute Gasteiger partial charge is 0.295 e. The Hall–Kier alpha value is -2.14. The maximum atomic E-state index is 11.5. The van der Waals surface area contributed by atoms with Crippen LogP contribution in [0.3, 0.4) is 0 Å². The first-order valence-corrected chi connectivity index (χ1v) is 5.03. The lowest BCUT2D eigenvalue weighted by Gasteiger charge is -1.93. The quantitative estimate of drug-likeness (QED) is 0.828. The number of nitrogens with zero attached hydrogens (tertiary/aromatic N) is 2. The van der Waals surface area contributed by atoms with Crippen LogP contribution in [0.1, 0.15) is 10.4 Å². The summed E-state index contributed by atoms with van der Waals surface area (Å²) in [5, 5.41) is 16.4. The highest BCUT2D eigenvalue weighted by Gasteiger charge is 2.04. The number of amides is 1. The second-order valence-corrected chi connectivity index (χ2v) is 3.56. The molecule has 17 heavy (non-hydrogen) atoms. The molecule has 0 bridgehead atoms. The minimum atomic E-state index is -0.516. The molecule has 1 amide bonds. The summed E-state index contributed by atoms with van der Waals surface area (Å²) in [7, 11) is 0. The average molecular weight is 251 g/mol. The van der Waals surface area contributed by atoms with Gasteiger partial charge >= 0.3 is 0 Å². The lowest BCUT2D eigenvalue weighted by Crippen LogP contribution is -1.92. The Morgan fingerprint density at radius 1 is 1.18 bits per heavy atom. The van der Waals surface area contributed by atoms with E-state index in [2.05, 4.69) is 10.2 Å². The van der Waals surface area contributed by atoms with Crippen molar-refractivity contribution in [1.29, 1.82) is 0 Å². The predicted octanol–water partition coefficient (Wildman–Crippen LogP) is 3.56. The van der Waals surface area contributed by atoms with Crippen molar-refractivity contribution in [3.63, 3.8) is 0 Å². The van der Waals surface area contributed by atoms with E-state index in [1.165, 1.54) is 12.1 Å². The highest BCUT2D eigenvalue weighted by molar-refractivity contribution is 6.30. The van der Waals surface area contributed by atoms with Gasteiger partial charge in [-0.25, -0.2) is 0 Å². The SMILES string of the molecule is O=C(N=Nc1ccc(O)o1)c1ccc(Cl)cc1. The number of azo groups is 1. The number of hydrogen-bond donors (Lipinski definition) is 1. The lowest BCUT2D eigenvalue weighted by molar-refractivity contribution is 0.0994. The van der Waals surface area contributed by atoms with Crippen molar-refractivity contribution in [2.45, 2.75) is 0 Å². The second kappa shape index (κ2) is 4.80. The highest BCUT2D eigenvalue weighted by atomic mass is 35.5. The van der Waals surface area contributed by atoms with Crippen molar-refractivity contribution in [1.82, 2.24) is 0 Å². The number of furan rings is 1. The fourth-order valence-electron chi connectivity index (χ4n) is 1.12. The first-order chi connectivity index (χ1) is 8.15. The van der Waals surface area contributed by atoms with Crippen LogP contribution in [0.25, 0.3) is 0 Å².